The molecule has 0 radical (unpaired) electrons. The van der Waals surface area contributed by atoms with Crippen molar-refractivity contribution in [2.75, 3.05) is 6.54 Å². The van der Waals surface area contributed by atoms with Gasteiger partial charge in [0, 0.05) is 24.5 Å². The first-order valence-corrected chi connectivity index (χ1v) is 6.73. The molecule has 17 heavy (non-hydrogen) atoms. The summed E-state index contributed by atoms with van der Waals surface area (Å²) in [4.78, 5) is 0. The topological polar surface area (TPSA) is 29.9 Å². The number of hydrogen-bond donors (Lipinski definition) is 1. The van der Waals surface area contributed by atoms with Gasteiger partial charge in [0.2, 0.25) is 0 Å². The van der Waals surface area contributed by atoms with E-state index in [4.69, 9.17) is 0 Å². The standard InChI is InChI=1S/C14H27N3/c1-6-15-13(14(3,4)5)9-8-12-10-11-16-17(12)7-2/h10-11,13,15H,6-9H2,1-5H3. The lowest BCUT2D eigenvalue weighted by Gasteiger charge is -2.31. The minimum absolute atomic E-state index is 0.313. The molecule has 98 valence electrons. The smallest absolute Gasteiger partial charge is 0.0492 e. The normalized spacial score (nSPS) is 13.9. The maximum Gasteiger partial charge on any atom is 0.0492 e. The van der Waals surface area contributed by atoms with Gasteiger partial charge in [-0.1, -0.05) is 27.7 Å². The maximum absolute atomic E-state index is 4.32. The molecule has 0 aromatic carbocycles. The van der Waals surface area contributed by atoms with E-state index in [0.717, 1.165) is 19.5 Å². The van der Waals surface area contributed by atoms with Crippen LogP contribution >= 0.6 is 0 Å². The van der Waals surface area contributed by atoms with E-state index in [0.29, 0.717) is 11.5 Å². The van der Waals surface area contributed by atoms with Crippen LogP contribution in [0.15, 0.2) is 12.3 Å². The van der Waals surface area contributed by atoms with Gasteiger partial charge in [-0.15, -0.1) is 0 Å². The van der Waals surface area contributed by atoms with Gasteiger partial charge in [-0.05, 0) is 37.8 Å². The summed E-state index contributed by atoms with van der Waals surface area (Å²) >= 11 is 0. The zero-order valence-corrected chi connectivity index (χ0v) is 12.0. The molecule has 0 saturated carbocycles. The second-order valence-corrected chi connectivity index (χ2v) is 5.65. The van der Waals surface area contributed by atoms with Crippen molar-refractivity contribution in [3.8, 4) is 0 Å². The van der Waals surface area contributed by atoms with Crippen molar-refractivity contribution < 1.29 is 0 Å². The van der Waals surface area contributed by atoms with E-state index in [9.17, 15) is 0 Å². The van der Waals surface area contributed by atoms with E-state index in [-0.39, 0.29) is 0 Å². The molecular weight excluding hydrogens is 210 g/mol. The highest BCUT2D eigenvalue weighted by Gasteiger charge is 2.23. The molecular formula is C14H27N3. The fourth-order valence-corrected chi connectivity index (χ4v) is 2.24. The van der Waals surface area contributed by atoms with Crippen LogP contribution in [0.5, 0.6) is 0 Å². The first-order chi connectivity index (χ1) is 7.99. The molecule has 0 spiro atoms. The summed E-state index contributed by atoms with van der Waals surface area (Å²) < 4.78 is 2.09. The van der Waals surface area contributed by atoms with Crippen LogP contribution in [0.3, 0.4) is 0 Å². The molecule has 1 N–H and O–H groups in total. The Kier molecular flexibility index (Phi) is 5.19. The van der Waals surface area contributed by atoms with Crippen LogP contribution < -0.4 is 5.32 Å². The molecule has 0 bridgehead atoms. The quantitative estimate of drug-likeness (QED) is 0.824. The predicted octanol–water partition coefficient (Wildman–Crippen LogP) is 2.86. The molecule has 1 aromatic heterocycles. The van der Waals surface area contributed by atoms with Crippen molar-refractivity contribution in [2.45, 2.75) is 60.0 Å². The molecule has 0 amide bonds. The number of rotatable bonds is 6. The average Bonchev–Trinajstić information content (AvgIpc) is 2.69. The Bertz CT molecular complexity index is 322. The van der Waals surface area contributed by atoms with Gasteiger partial charge in [-0.3, -0.25) is 4.68 Å². The van der Waals surface area contributed by atoms with Crippen molar-refractivity contribution in [1.82, 2.24) is 15.1 Å². The van der Waals surface area contributed by atoms with Crippen molar-refractivity contribution in [2.24, 2.45) is 5.41 Å². The van der Waals surface area contributed by atoms with E-state index in [1.807, 2.05) is 6.20 Å². The van der Waals surface area contributed by atoms with Crippen LogP contribution in [0, 0.1) is 5.41 Å². The van der Waals surface area contributed by atoms with Crippen molar-refractivity contribution >= 4 is 0 Å². The molecule has 1 atom stereocenters. The Hall–Kier alpha value is -0.830. The Morgan fingerprint density at radius 1 is 1.35 bits per heavy atom. The van der Waals surface area contributed by atoms with Crippen LogP contribution in [-0.2, 0) is 13.0 Å². The third-order valence-electron chi connectivity index (χ3n) is 3.29. The summed E-state index contributed by atoms with van der Waals surface area (Å²) in [5.41, 5.74) is 1.66. The number of aryl methyl sites for hydroxylation is 2. The highest BCUT2D eigenvalue weighted by atomic mass is 15.3. The summed E-state index contributed by atoms with van der Waals surface area (Å²) in [6.45, 7) is 13.2. The predicted molar refractivity (Wildman–Crippen MR) is 73.1 cm³/mol. The minimum atomic E-state index is 0.313. The summed E-state index contributed by atoms with van der Waals surface area (Å²) in [6.07, 6.45) is 4.17. The van der Waals surface area contributed by atoms with E-state index >= 15 is 0 Å². The third-order valence-corrected chi connectivity index (χ3v) is 3.29. The van der Waals surface area contributed by atoms with Crippen molar-refractivity contribution in [3.63, 3.8) is 0 Å². The summed E-state index contributed by atoms with van der Waals surface area (Å²) in [5.74, 6) is 0. The largest absolute Gasteiger partial charge is 0.314 e. The van der Waals surface area contributed by atoms with Crippen LogP contribution in [0.2, 0.25) is 0 Å². The molecule has 0 fully saturated rings. The molecule has 0 aliphatic heterocycles. The number of nitrogens with one attached hydrogen (secondary N) is 1. The van der Waals surface area contributed by atoms with Gasteiger partial charge in [0.05, 0.1) is 0 Å². The van der Waals surface area contributed by atoms with Crippen LogP contribution in [0.25, 0.3) is 0 Å². The molecule has 1 unspecified atom stereocenters. The van der Waals surface area contributed by atoms with Gasteiger partial charge in [-0.2, -0.15) is 5.10 Å². The van der Waals surface area contributed by atoms with Crippen LogP contribution in [0.4, 0.5) is 0 Å². The Labute approximate surface area is 106 Å². The molecule has 0 aliphatic rings. The first kappa shape index (κ1) is 14.2. The number of nitrogens with zero attached hydrogens (tertiary/aromatic N) is 2. The summed E-state index contributed by atoms with van der Waals surface area (Å²) in [6, 6.07) is 2.70. The Morgan fingerprint density at radius 3 is 2.59 bits per heavy atom. The zero-order valence-electron chi connectivity index (χ0n) is 12.0. The highest BCUT2D eigenvalue weighted by molar-refractivity contribution is 5.01. The van der Waals surface area contributed by atoms with Crippen molar-refractivity contribution in [3.05, 3.63) is 18.0 Å². The first-order valence-electron chi connectivity index (χ1n) is 6.73. The molecule has 3 nitrogen and oxygen atoms in total. The van der Waals surface area contributed by atoms with Gasteiger partial charge < -0.3 is 5.32 Å². The van der Waals surface area contributed by atoms with Crippen LogP contribution in [-0.4, -0.2) is 22.4 Å². The molecule has 1 heterocycles. The fraction of sp³-hybridized carbons (Fsp3) is 0.786. The lowest BCUT2D eigenvalue weighted by molar-refractivity contribution is 0.257. The molecule has 3 heteroatoms. The highest BCUT2D eigenvalue weighted by Crippen LogP contribution is 2.23. The minimum Gasteiger partial charge on any atom is -0.314 e. The van der Waals surface area contributed by atoms with E-state index in [1.54, 1.807) is 0 Å². The van der Waals surface area contributed by atoms with Gasteiger partial charge in [0.1, 0.15) is 0 Å². The zero-order chi connectivity index (χ0) is 12.9. The fourth-order valence-electron chi connectivity index (χ4n) is 2.24. The number of aromatic nitrogens is 2. The van der Waals surface area contributed by atoms with Gasteiger partial charge >= 0.3 is 0 Å². The lowest BCUT2D eigenvalue weighted by Crippen LogP contribution is -2.40. The summed E-state index contributed by atoms with van der Waals surface area (Å²) in [5, 5.41) is 7.91. The Morgan fingerprint density at radius 2 is 2.06 bits per heavy atom. The SMILES string of the molecule is CCNC(CCc1ccnn1CC)C(C)(C)C. The molecule has 0 saturated heterocycles. The van der Waals surface area contributed by atoms with E-state index < -0.39 is 0 Å². The average molecular weight is 237 g/mol. The van der Waals surface area contributed by atoms with Crippen molar-refractivity contribution in [1.29, 1.82) is 0 Å². The number of hydrogen-bond acceptors (Lipinski definition) is 2. The molecule has 0 aliphatic carbocycles. The third kappa shape index (κ3) is 4.15. The lowest BCUT2D eigenvalue weighted by atomic mass is 9.83. The van der Waals surface area contributed by atoms with E-state index in [2.05, 4.69) is 55.8 Å². The van der Waals surface area contributed by atoms with Gasteiger partial charge in [-0.25, -0.2) is 0 Å². The van der Waals surface area contributed by atoms with Gasteiger partial charge in [0.15, 0.2) is 0 Å². The summed E-state index contributed by atoms with van der Waals surface area (Å²) in [7, 11) is 0. The van der Waals surface area contributed by atoms with E-state index in [1.165, 1.54) is 12.1 Å². The molecule has 1 aromatic rings. The molecule has 1 rings (SSSR count). The van der Waals surface area contributed by atoms with Crippen LogP contribution in [0.1, 0.15) is 46.7 Å². The monoisotopic (exact) mass is 237 g/mol. The maximum atomic E-state index is 4.32. The second kappa shape index (κ2) is 6.20. The second-order valence-electron chi connectivity index (χ2n) is 5.65. The Balaban J connectivity index is 2.58. The van der Waals surface area contributed by atoms with Gasteiger partial charge in [0.25, 0.3) is 0 Å².